The topological polar surface area (TPSA) is 38.9 Å². The van der Waals surface area contributed by atoms with Crippen molar-refractivity contribution < 1.29 is 13.2 Å². The molecule has 1 aromatic carbocycles. The molecular formula is C12H11F3N2. The van der Waals surface area contributed by atoms with E-state index in [1.807, 2.05) is 13.8 Å². The van der Waals surface area contributed by atoms with Crippen LogP contribution in [-0.4, -0.2) is 4.98 Å². The number of nitrogen functional groups attached to an aromatic ring is 1. The number of benzene rings is 1. The highest BCUT2D eigenvalue weighted by atomic mass is 19.2. The van der Waals surface area contributed by atoms with Gasteiger partial charge in [-0.05, 0) is 12.0 Å². The van der Waals surface area contributed by atoms with Crippen molar-refractivity contribution in [2.75, 3.05) is 5.73 Å². The van der Waals surface area contributed by atoms with Gasteiger partial charge >= 0.3 is 0 Å². The number of nitrogens with two attached hydrogens (primary N) is 1. The predicted molar refractivity (Wildman–Crippen MR) is 60.1 cm³/mol. The van der Waals surface area contributed by atoms with E-state index in [0.29, 0.717) is 11.8 Å². The summed E-state index contributed by atoms with van der Waals surface area (Å²) in [6.07, 6.45) is 0. The van der Waals surface area contributed by atoms with Gasteiger partial charge in [0.05, 0.1) is 5.39 Å². The Morgan fingerprint density at radius 2 is 1.76 bits per heavy atom. The van der Waals surface area contributed by atoms with E-state index in [0.717, 1.165) is 0 Å². The standard InChI is InChI=1S/C12H11F3N2/c1-5(2)9-4-8(16)10-6(13)3-7(14)11(15)12(10)17-9/h3-5H,1-2H3,(H2,16,17). The van der Waals surface area contributed by atoms with Crippen LogP contribution in [0.3, 0.4) is 0 Å². The first-order valence-corrected chi connectivity index (χ1v) is 5.15. The molecule has 0 aliphatic carbocycles. The minimum absolute atomic E-state index is 0.00701. The number of rotatable bonds is 1. The normalized spacial score (nSPS) is 11.4. The highest BCUT2D eigenvalue weighted by molar-refractivity contribution is 5.91. The van der Waals surface area contributed by atoms with E-state index in [2.05, 4.69) is 4.98 Å². The van der Waals surface area contributed by atoms with Crippen molar-refractivity contribution in [2.24, 2.45) is 0 Å². The van der Waals surface area contributed by atoms with Crippen LogP contribution in [0.25, 0.3) is 10.9 Å². The van der Waals surface area contributed by atoms with Gasteiger partial charge in [0.1, 0.15) is 11.3 Å². The van der Waals surface area contributed by atoms with E-state index in [1.165, 1.54) is 6.07 Å². The number of anilines is 1. The van der Waals surface area contributed by atoms with Gasteiger partial charge in [0, 0.05) is 17.4 Å². The summed E-state index contributed by atoms with van der Waals surface area (Å²) in [5.74, 6) is -3.34. The Morgan fingerprint density at radius 1 is 1.12 bits per heavy atom. The van der Waals surface area contributed by atoms with Crippen LogP contribution in [-0.2, 0) is 0 Å². The lowest BCUT2D eigenvalue weighted by Gasteiger charge is -2.10. The molecular weight excluding hydrogens is 229 g/mol. The molecule has 0 fully saturated rings. The average Bonchev–Trinajstić information content (AvgIpc) is 2.24. The average molecular weight is 240 g/mol. The predicted octanol–water partition coefficient (Wildman–Crippen LogP) is 3.36. The lowest BCUT2D eigenvalue weighted by Crippen LogP contribution is -2.02. The van der Waals surface area contributed by atoms with Crippen molar-refractivity contribution in [2.45, 2.75) is 19.8 Å². The molecule has 17 heavy (non-hydrogen) atoms. The summed E-state index contributed by atoms with van der Waals surface area (Å²) in [5, 5.41) is -0.173. The largest absolute Gasteiger partial charge is 0.398 e. The zero-order valence-electron chi connectivity index (χ0n) is 9.39. The Balaban J connectivity index is 2.91. The van der Waals surface area contributed by atoms with Gasteiger partial charge in [0.15, 0.2) is 11.6 Å². The van der Waals surface area contributed by atoms with Gasteiger partial charge in [-0.2, -0.15) is 0 Å². The summed E-state index contributed by atoms with van der Waals surface area (Å²) < 4.78 is 40.1. The van der Waals surface area contributed by atoms with E-state index in [9.17, 15) is 13.2 Å². The molecule has 90 valence electrons. The first kappa shape index (κ1) is 11.7. The molecule has 2 rings (SSSR count). The van der Waals surface area contributed by atoms with Crippen molar-refractivity contribution in [1.29, 1.82) is 0 Å². The molecule has 0 radical (unpaired) electrons. The van der Waals surface area contributed by atoms with Gasteiger partial charge in [-0.25, -0.2) is 18.2 Å². The van der Waals surface area contributed by atoms with Crippen molar-refractivity contribution in [3.63, 3.8) is 0 Å². The number of hydrogen-bond donors (Lipinski definition) is 1. The Bertz CT molecular complexity index is 594. The van der Waals surface area contributed by atoms with Gasteiger partial charge in [-0.15, -0.1) is 0 Å². The van der Waals surface area contributed by atoms with Crippen LogP contribution in [0.5, 0.6) is 0 Å². The van der Waals surface area contributed by atoms with Crippen molar-refractivity contribution in [3.05, 3.63) is 35.3 Å². The molecule has 0 amide bonds. The molecule has 2 aromatic rings. The maximum atomic E-state index is 13.5. The molecule has 5 heteroatoms. The molecule has 0 unspecified atom stereocenters. The van der Waals surface area contributed by atoms with Crippen molar-refractivity contribution >= 4 is 16.6 Å². The lowest BCUT2D eigenvalue weighted by atomic mass is 10.1. The van der Waals surface area contributed by atoms with Crippen LogP contribution in [0.4, 0.5) is 18.9 Å². The fourth-order valence-electron chi connectivity index (χ4n) is 1.65. The second-order valence-electron chi connectivity index (χ2n) is 4.17. The van der Waals surface area contributed by atoms with Crippen molar-refractivity contribution in [3.8, 4) is 0 Å². The first-order valence-electron chi connectivity index (χ1n) is 5.15. The summed E-state index contributed by atoms with van der Waals surface area (Å²) in [6, 6.07) is 1.96. The highest BCUT2D eigenvalue weighted by Crippen LogP contribution is 2.29. The number of hydrogen-bond acceptors (Lipinski definition) is 2. The van der Waals surface area contributed by atoms with Crippen molar-refractivity contribution in [1.82, 2.24) is 4.98 Å². The summed E-state index contributed by atoms with van der Waals surface area (Å²) in [5.41, 5.74) is 5.85. The molecule has 0 bridgehead atoms. The Morgan fingerprint density at radius 3 is 2.35 bits per heavy atom. The molecule has 0 aliphatic heterocycles. The van der Waals surface area contributed by atoms with Crippen LogP contribution in [0.1, 0.15) is 25.5 Å². The smallest absolute Gasteiger partial charge is 0.185 e. The SMILES string of the molecule is CC(C)c1cc(N)c2c(F)cc(F)c(F)c2n1. The zero-order chi connectivity index (χ0) is 12.7. The Hall–Kier alpha value is -1.78. The first-order chi connectivity index (χ1) is 7.91. The monoisotopic (exact) mass is 240 g/mol. The van der Waals surface area contributed by atoms with E-state index < -0.39 is 17.5 Å². The van der Waals surface area contributed by atoms with E-state index in [-0.39, 0.29) is 22.5 Å². The second-order valence-corrected chi connectivity index (χ2v) is 4.17. The Labute approximate surface area is 96.3 Å². The Kier molecular flexibility index (Phi) is 2.69. The third-order valence-corrected chi connectivity index (χ3v) is 2.57. The van der Waals surface area contributed by atoms with Crippen LogP contribution in [0.2, 0.25) is 0 Å². The molecule has 1 aromatic heterocycles. The minimum atomic E-state index is -1.26. The number of nitrogens with zero attached hydrogens (tertiary/aromatic N) is 1. The third-order valence-electron chi connectivity index (χ3n) is 2.57. The fraction of sp³-hybridized carbons (Fsp3) is 0.250. The van der Waals surface area contributed by atoms with E-state index >= 15 is 0 Å². The molecule has 0 atom stereocenters. The number of pyridine rings is 1. The molecule has 0 spiro atoms. The van der Waals surface area contributed by atoms with E-state index in [4.69, 9.17) is 5.73 Å². The minimum Gasteiger partial charge on any atom is -0.398 e. The molecule has 2 N–H and O–H groups in total. The maximum absolute atomic E-state index is 13.5. The van der Waals surface area contributed by atoms with Gasteiger partial charge in [-0.1, -0.05) is 13.8 Å². The van der Waals surface area contributed by atoms with Crippen LogP contribution >= 0.6 is 0 Å². The fourth-order valence-corrected chi connectivity index (χ4v) is 1.65. The van der Waals surface area contributed by atoms with Gasteiger partial charge in [0.2, 0.25) is 0 Å². The van der Waals surface area contributed by atoms with Gasteiger partial charge in [0.25, 0.3) is 0 Å². The maximum Gasteiger partial charge on any atom is 0.185 e. The quantitative estimate of drug-likeness (QED) is 0.776. The highest BCUT2D eigenvalue weighted by Gasteiger charge is 2.17. The number of halogens is 3. The summed E-state index contributed by atoms with van der Waals surface area (Å²) in [4.78, 5) is 3.92. The molecule has 0 saturated heterocycles. The summed E-state index contributed by atoms with van der Waals surface area (Å²) in [7, 11) is 0. The van der Waals surface area contributed by atoms with Crippen LogP contribution in [0, 0.1) is 17.5 Å². The number of fused-ring (bicyclic) bond motifs is 1. The molecule has 2 nitrogen and oxygen atoms in total. The van der Waals surface area contributed by atoms with Gasteiger partial charge in [-0.3, -0.25) is 0 Å². The molecule has 0 saturated carbocycles. The lowest BCUT2D eigenvalue weighted by molar-refractivity contribution is 0.504. The molecule has 1 heterocycles. The third kappa shape index (κ3) is 1.81. The van der Waals surface area contributed by atoms with Crippen LogP contribution in [0.15, 0.2) is 12.1 Å². The zero-order valence-corrected chi connectivity index (χ0v) is 9.39. The summed E-state index contributed by atoms with van der Waals surface area (Å²) in [6.45, 7) is 3.67. The number of aromatic nitrogens is 1. The van der Waals surface area contributed by atoms with Crippen LogP contribution < -0.4 is 5.73 Å². The summed E-state index contributed by atoms with van der Waals surface area (Å²) >= 11 is 0. The second kappa shape index (κ2) is 3.91. The van der Waals surface area contributed by atoms with Gasteiger partial charge < -0.3 is 5.73 Å². The molecule has 0 aliphatic rings. The van der Waals surface area contributed by atoms with E-state index in [1.54, 1.807) is 0 Å².